The molecule has 2 unspecified atom stereocenters. The van der Waals surface area contributed by atoms with Crippen LogP contribution in [0, 0.1) is 5.92 Å². The highest BCUT2D eigenvalue weighted by Crippen LogP contribution is 2.30. The van der Waals surface area contributed by atoms with Gasteiger partial charge in [0.25, 0.3) is 0 Å². The minimum atomic E-state index is -0.0923. The fourth-order valence-corrected chi connectivity index (χ4v) is 4.30. The van der Waals surface area contributed by atoms with Crippen LogP contribution in [0.4, 0.5) is 5.82 Å². The van der Waals surface area contributed by atoms with Gasteiger partial charge in [0.2, 0.25) is 0 Å². The van der Waals surface area contributed by atoms with Crippen LogP contribution < -0.4 is 5.32 Å². The van der Waals surface area contributed by atoms with Gasteiger partial charge in [0.05, 0.1) is 6.10 Å². The number of nitrogens with zero attached hydrogens (tertiary/aromatic N) is 3. The summed E-state index contributed by atoms with van der Waals surface area (Å²) in [5.41, 5.74) is 3.50. The summed E-state index contributed by atoms with van der Waals surface area (Å²) >= 11 is 0. The van der Waals surface area contributed by atoms with Gasteiger partial charge in [-0.15, -0.1) is 0 Å². The Bertz CT molecular complexity index is 734. The quantitative estimate of drug-likeness (QED) is 0.775. The normalized spacial score (nSPS) is 22.2. The number of aliphatic hydroxyl groups is 1. The topological polar surface area (TPSA) is 70.9 Å². The van der Waals surface area contributed by atoms with Crippen molar-refractivity contribution in [3.8, 4) is 11.4 Å². The van der Waals surface area contributed by atoms with E-state index in [-0.39, 0.29) is 6.10 Å². The number of fused-ring (bicyclic) bond motifs is 1. The zero-order valence-electron chi connectivity index (χ0n) is 15.3. The zero-order chi connectivity index (χ0) is 17.8. The van der Waals surface area contributed by atoms with Crippen molar-refractivity contribution in [1.29, 1.82) is 0 Å². The lowest BCUT2D eigenvalue weighted by Crippen LogP contribution is -2.24. The molecule has 2 aromatic heterocycles. The van der Waals surface area contributed by atoms with Crippen LogP contribution in [0.3, 0.4) is 0 Å². The maximum Gasteiger partial charge on any atom is 0.161 e. The molecule has 2 N–H and O–H groups in total. The zero-order valence-corrected chi connectivity index (χ0v) is 15.3. The van der Waals surface area contributed by atoms with Gasteiger partial charge in [-0.2, -0.15) is 0 Å². The largest absolute Gasteiger partial charge is 0.393 e. The molecule has 5 nitrogen and oxygen atoms in total. The molecule has 4 rings (SSSR count). The molecule has 0 aromatic carbocycles. The minimum Gasteiger partial charge on any atom is -0.393 e. The van der Waals surface area contributed by atoms with Gasteiger partial charge in [-0.25, -0.2) is 9.97 Å². The molecule has 0 bridgehead atoms. The summed E-state index contributed by atoms with van der Waals surface area (Å²) < 4.78 is 0. The number of rotatable bonds is 6. The number of aliphatic hydroxyl groups excluding tert-OH is 1. The van der Waals surface area contributed by atoms with E-state index in [1.54, 1.807) is 12.4 Å². The lowest BCUT2D eigenvalue weighted by atomic mass is 9.83. The third-order valence-corrected chi connectivity index (χ3v) is 5.78. The van der Waals surface area contributed by atoms with Crippen molar-refractivity contribution in [1.82, 2.24) is 15.0 Å². The van der Waals surface area contributed by atoms with Crippen LogP contribution in [0.15, 0.2) is 24.5 Å². The third kappa shape index (κ3) is 3.88. The molecule has 2 aromatic rings. The van der Waals surface area contributed by atoms with Crippen LogP contribution in [-0.4, -0.2) is 32.7 Å². The standard InChI is InChI=1S/C21H28N4O/c26-19-9-2-1-5-15(19)6-4-12-23-21-17-7-3-8-18(17)24-20(25-21)16-10-13-22-14-11-16/h10-11,13-15,19,26H,1-9,12H2,(H,23,24,25). The molecule has 26 heavy (non-hydrogen) atoms. The highest BCUT2D eigenvalue weighted by Gasteiger charge is 2.23. The molecular formula is C21H28N4O. The molecule has 1 saturated carbocycles. The van der Waals surface area contributed by atoms with Crippen LogP contribution in [0.25, 0.3) is 11.4 Å². The number of nitrogens with one attached hydrogen (secondary N) is 1. The monoisotopic (exact) mass is 352 g/mol. The molecule has 5 heteroatoms. The van der Waals surface area contributed by atoms with Gasteiger partial charge in [0.1, 0.15) is 5.82 Å². The van der Waals surface area contributed by atoms with E-state index < -0.39 is 0 Å². The highest BCUT2D eigenvalue weighted by atomic mass is 16.3. The van der Waals surface area contributed by atoms with E-state index in [0.717, 1.165) is 62.3 Å². The maximum atomic E-state index is 10.1. The van der Waals surface area contributed by atoms with Crippen molar-refractivity contribution in [2.24, 2.45) is 5.92 Å². The van der Waals surface area contributed by atoms with Crippen molar-refractivity contribution in [3.63, 3.8) is 0 Å². The SMILES string of the molecule is OC1CCCCC1CCCNc1nc(-c2ccncc2)nc2c1CCC2. The average Bonchev–Trinajstić information content (AvgIpc) is 3.16. The summed E-state index contributed by atoms with van der Waals surface area (Å²) in [6.07, 6.45) is 13.5. The third-order valence-electron chi connectivity index (χ3n) is 5.78. The molecule has 0 amide bonds. The Labute approximate surface area is 155 Å². The van der Waals surface area contributed by atoms with Crippen molar-refractivity contribution in [2.45, 2.75) is 63.9 Å². The van der Waals surface area contributed by atoms with E-state index in [2.05, 4.69) is 10.3 Å². The predicted octanol–water partition coefficient (Wildman–Crippen LogP) is 3.77. The molecule has 0 saturated heterocycles. The van der Waals surface area contributed by atoms with Crippen LogP contribution in [0.5, 0.6) is 0 Å². The van der Waals surface area contributed by atoms with Gasteiger partial charge >= 0.3 is 0 Å². The number of aromatic nitrogens is 3. The molecule has 0 radical (unpaired) electrons. The fraction of sp³-hybridized carbons (Fsp3) is 0.571. The molecule has 2 aliphatic carbocycles. The molecule has 1 fully saturated rings. The molecule has 2 heterocycles. The Morgan fingerprint density at radius 2 is 1.88 bits per heavy atom. The van der Waals surface area contributed by atoms with Crippen LogP contribution in [0.2, 0.25) is 0 Å². The lowest BCUT2D eigenvalue weighted by molar-refractivity contribution is 0.0648. The first kappa shape index (κ1) is 17.4. The van der Waals surface area contributed by atoms with Gasteiger partial charge < -0.3 is 10.4 Å². The number of anilines is 1. The molecule has 138 valence electrons. The second kappa shape index (κ2) is 8.12. The van der Waals surface area contributed by atoms with Gasteiger partial charge in [0.15, 0.2) is 5.82 Å². The maximum absolute atomic E-state index is 10.1. The number of pyridine rings is 1. The van der Waals surface area contributed by atoms with E-state index >= 15 is 0 Å². The summed E-state index contributed by atoms with van der Waals surface area (Å²) in [6, 6.07) is 3.93. The number of hydrogen-bond acceptors (Lipinski definition) is 5. The van der Waals surface area contributed by atoms with Crippen molar-refractivity contribution in [3.05, 3.63) is 35.8 Å². The Hall–Kier alpha value is -2.01. The van der Waals surface area contributed by atoms with Crippen LogP contribution in [0.1, 0.15) is 56.2 Å². The Morgan fingerprint density at radius 1 is 1.04 bits per heavy atom. The van der Waals surface area contributed by atoms with Gasteiger partial charge in [-0.3, -0.25) is 4.98 Å². The van der Waals surface area contributed by atoms with E-state index in [1.807, 2.05) is 12.1 Å². The summed E-state index contributed by atoms with van der Waals surface area (Å²) in [7, 11) is 0. The molecule has 0 aliphatic heterocycles. The van der Waals surface area contributed by atoms with Gasteiger partial charge in [0, 0.05) is 35.8 Å². The van der Waals surface area contributed by atoms with E-state index in [1.165, 1.54) is 30.5 Å². The van der Waals surface area contributed by atoms with Crippen molar-refractivity contribution >= 4 is 5.82 Å². The average molecular weight is 352 g/mol. The first-order valence-electron chi connectivity index (χ1n) is 10.0. The molecule has 2 atom stereocenters. The van der Waals surface area contributed by atoms with Crippen LogP contribution >= 0.6 is 0 Å². The molecule has 0 spiro atoms. The van der Waals surface area contributed by atoms with E-state index in [9.17, 15) is 5.11 Å². The fourth-order valence-electron chi connectivity index (χ4n) is 4.30. The van der Waals surface area contributed by atoms with E-state index in [4.69, 9.17) is 9.97 Å². The summed E-state index contributed by atoms with van der Waals surface area (Å²) in [5.74, 6) is 2.27. The van der Waals surface area contributed by atoms with Crippen LogP contribution in [-0.2, 0) is 12.8 Å². The molecular weight excluding hydrogens is 324 g/mol. The van der Waals surface area contributed by atoms with Crippen molar-refractivity contribution in [2.75, 3.05) is 11.9 Å². The summed E-state index contributed by atoms with van der Waals surface area (Å²) in [6.45, 7) is 0.905. The minimum absolute atomic E-state index is 0.0923. The highest BCUT2D eigenvalue weighted by molar-refractivity contribution is 5.60. The predicted molar refractivity (Wildman–Crippen MR) is 103 cm³/mol. The summed E-state index contributed by atoms with van der Waals surface area (Å²) in [4.78, 5) is 13.7. The lowest BCUT2D eigenvalue weighted by Gasteiger charge is -2.27. The van der Waals surface area contributed by atoms with E-state index in [0.29, 0.717) is 5.92 Å². The number of hydrogen-bond donors (Lipinski definition) is 2. The second-order valence-electron chi connectivity index (χ2n) is 7.59. The second-order valence-corrected chi connectivity index (χ2v) is 7.59. The smallest absolute Gasteiger partial charge is 0.161 e. The Kier molecular flexibility index (Phi) is 5.44. The Morgan fingerprint density at radius 3 is 2.73 bits per heavy atom. The molecule has 2 aliphatic rings. The van der Waals surface area contributed by atoms with Crippen molar-refractivity contribution < 1.29 is 5.11 Å². The first-order valence-corrected chi connectivity index (χ1v) is 10.0. The summed E-state index contributed by atoms with van der Waals surface area (Å²) in [5, 5.41) is 13.7. The van der Waals surface area contributed by atoms with Gasteiger partial charge in [-0.1, -0.05) is 12.8 Å². The van der Waals surface area contributed by atoms with Gasteiger partial charge in [-0.05, 0) is 63.0 Å². The first-order chi connectivity index (χ1) is 12.8. The Balaban J connectivity index is 1.42. The number of aryl methyl sites for hydroxylation is 1.